The maximum absolute atomic E-state index is 13.4. The Labute approximate surface area is 187 Å². The zero-order valence-corrected chi connectivity index (χ0v) is 19.4. The summed E-state index contributed by atoms with van der Waals surface area (Å²) in [6, 6.07) is -0.315. The van der Waals surface area contributed by atoms with Crippen molar-refractivity contribution in [2.45, 2.75) is 95.5 Å². The molecule has 2 fully saturated rings. The molecule has 0 saturated carbocycles. The largest absolute Gasteiger partial charge is 0.375 e. The van der Waals surface area contributed by atoms with E-state index >= 15 is 0 Å². The van der Waals surface area contributed by atoms with Crippen molar-refractivity contribution in [2.24, 2.45) is 0 Å². The molecule has 3 rings (SSSR count). The Kier molecular flexibility index (Phi) is 8.50. The molecule has 31 heavy (non-hydrogen) atoms. The van der Waals surface area contributed by atoms with Crippen LogP contribution >= 0.6 is 0 Å². The van der Waals surface area contributed by atoms with Gasteiger partial charge in [-0.25, -0.2) is 0 Å². The Morgan fingerprint density at radius 3 is 2.71 bits per heavy atom. The molecule has 2 unspecified atom stereocenters. The van der Waals surface area contributed by atoms with E-state index in [1.54, 1.807) is 7.05 Å². The molecule has 172 valence electrons. The molecular weight excluding hydrogens is 390 g/mol. The van der Waals surface area contributed by atoms with Gasteiger partial charge >= 0.3 is 0 Å². The number of rotatable bonds is 9. The Bertz CT molecular complexity index is 726. The van der Waals surface area contributed by atoms with E-state index in [2.05, 4.69) is 29.4 Å². The lowest BCUT2D eigenvalue weighted by molar-refractivity contribution is -0.140. The molecule has 2 amide bonds. The topological polar surface area (TPSA) is 70.7 Å². The van der Waals surface area contributed by atoms with Crippen molar-refractivity contribution >= 4 is 11.8 Å². The van der Waals surface area contributed by atoms with Crippen molar-refractivity contribution in [3.63, 3.8) is 0 Å². The first kappa shape index (κ1) is 23.7. The number of hydrogen-bond acceptors (Lipinski definition) is 4. The smallest absolute Gasteiger partial charge is 0.245 e. The lowest BCUT2D eigenvalue weighted by atomic mass is 10.1. The van der Waals surface area contributed by atoms with Crippen LogP contribution in [0.1, 0.15) is 65.2 Å². The third-order valence-electron chi connectivity index (χ3n) is 7.04. The number of nitrogens with one attached hydrogen (secondary N) is 2. The number of likely N-dealkylation sites (N-methyl/N-ethyl adjacent to an activating group) is 1. The van der Waals surface area contributed by atoms with Crippen LogP contribution in [0.15, 0.2) is 36.0 Å². The summed E-state index contributed by atoms with van der Waals surface area (Å²) in [4.78, 5) is 28.0. The summed E-state index contributed by atoms with van der Waals surface area (Å²) in [5, 5.41) is 6.04. The summed E-state index contributed by atoms with van der Waals surface area (Å²) in [5.74, 6) is -0.0156. The van der Waals surface area contributed by atoms with Crippen LogP contribution in [0.3, 0.4) is 0 Å². The summed E-state index contributed by atoms with van der Waals surface area (Å²) in [7, 11) is 1.78. The highest BCUT2D eigenvalue weighted by Crippen LogP contribution is 2.34. The van der Waals surface area contributed by atoms with Gasteiger partial charge in [-0.2, -0.15) is 0 Å². The summed E-state index contributed by atoms with van der Waals surface area (Å²) in [5.41, 5.74) is 2.56. The molecule has 0 radical (unpaired) electrons. The quantitative estimate of drug-likeness (QED) is 0.590. The van der Waals surface area contributed by atoms with E-state index in [9.17, 15) is 9.59 Å². The van der Waals surface area contributed by atoms with Crippen LogP contribution in [0.5, 0.6) is 0 Å². The predicted molar refractivity (Wildman–Crippen MR) is 124 cm³/mol. The number of allylic oxidation sites excluding steroid dienone is 3. The van der Waals surface area contributed by atoms with Gasteiger partial charge in [-0.3, -0.25) is 9.59 Å². The van der Waals surface area contributed by atoms with Gasteiger partial charge in [-0.05, 0) is 76.5 Å². The highest BCUT2D eigenvalue weighted by atomic mass is 16.5. The molecule has 0 bridgehead atoms. The molecule has 5 atom stereocenters. The van der Waals surface area contributed by atoms with Crippen molar-refractivity contribution < 1.29 is 14.3 Å². The summed E-state index contributed by atoms with van der Waals surface area (Å²) in [6.07, 6.45) is 13.5. The first-order chi connectivity index (χ1) is 15.0. The van der Waals surface area contributed by atoms with Crippen LogP contribution in [0.2, 0.25) is 0 Å². The second kappa shape index (κ2) is 11.1. The molecule has 2 heterocycles. The second-order valence-corrected chi connectivity index (χ2v) is 8.99. The molecular formula is C25H39N3O3. The predicted octanol–water partition coefficient (Wildman–Crippen LogP) is 3.25. The average Bonchev–Trinajstić information content (AvgIpc) is 3.31. The summed E-state index contributed by atoms with van der Waals surface area (Å²) in [6.45, 7) is 8.50. The van der Waals surface area contributed by atoms with Gasteiger partial charge in [0.05, 0.1) is 24.8 Å². The molecule has 3 aliphatic rings. The molecule has 2 N–H and O–H groups in total. The fraction of sp³-hybridized carbons (Fsp3) is 0.680. The second-order valence-electron chi connectivity index (χ2n) is 8.99. The Morgan fingerprint density at radius 2 is 2.03 bits per heavy atom. The van der Waals surface area contributed by atoms with Gasteiger partial charge in [-0.15, -0.1) is 0 Å². The first-order valence-corrected chi connectivity index (χ1v) is 11.9. The molecule has 1 aliphatic carbocycles. The molecule has 0 spiro atoms. The number of ether oxygens (including phenoxy) is 1. The fourth-order valence-corrected chi connectivity index (χ4v) is 5.34. The van der Waals surface area contributed by atoms with Crippen LogP contribution < -0.4 is 10.6 Å². The van der Waals surface area contributed by atoms with Gasteiger partial charge in [0.25, 0.3) is 0 Å². The number of fused-ring (bicyclic) bond motifs is 1. The monoisotopic (exact) mass is 429 g/mol. The Morgan fingerprint density at radius 1 is 1.26 bits per heavy atom. The SMILES string of the molecule is C=CC1=C(C=CC)CC(OC[C@@H]2CC[C@@H]3CCC[C@H](NC(=O)C(CC)NC)C(=O)N32)C1. The van der Waals surface area contributed by atoms with Gasteiger partial charge < -0.3 is 20.3 Å². The number of amides is 2. The maximum Gasteiger partial charge on any atom is 0.245 e. The van der Waals surface area contributed by atoms with E-state index in [1.807, 2.05) is 24.8 Å². The Hall–Kier alpha value is -1.92. The van der Waals surface area contributed by atoms with Crippen LogP contribution in [0, 0.1) is 0 Å². The van der Waals surface area contributed by atoms with E-state index < -0.39 is 6.04 Å². The highest BCUT2D eigenvalue weighted by molar-refractivity contribution is 5.90. The van der Waals surface area contributed by atoms with Crippen molar-refractivity contribution in [2.75, 3.05) is 13.7 Å². The Balaban J connectivity index is 1.60. The van der Waals surface area contributed by atoms with Gasteiger partial charge in [0.2, 0.25) is 11.8 Å². The molecule has 6 nitrogen and oxygen atoms in total. The lowest BCUT2D eigenvalue weighted by Crippen LogP contribution is -2.54. The van der Waals surface area contributed by atoms with Gasteiger partial charge in [0.1, 0.15) is 6.04 Å². The van der Waals surface area contributed by atoms with E-state index in [0.717, 1.165) is 38.5 Å². The third-order valence-corrected chi connectivity index (χ3v) is 7.04. The van der Waals surface area contributed by atoms with Gasteiger partial charge in [-0.1, -0.05) is 31.7 Å². The summed E-state index contributed by atoms with van der Waals surface area (Å²) >= 11 is 0. The number of carbonyl (C=O) groups excluding carboxylic acids is 2. The normalized spacial score (nSPS) is 29.9. The van der Waals surface area contributed by atoms with Crippen LogP contribution in [-0.2, 0) is 14.3 Å². The standard InChI is InChI=1S/C25H39N3O3/c1-5-9-18-15-21(14-17(18)6-2)31-16-20-13-12-19-10-8-11-23(25(30)28(19)20)27-24(29)22(7-3)26-4/h5-6,9,19-23,26H,2,7-8,10-16H2,1,3-4H3,(H,27,29)/t19-,20-,21?,22?,23-/m0/s1. The minimum Gasteiger partial charge on any atom is -0.375 e. The fourth-order valence-electron chi connectivity index (χ4n) is 5.34. The zero-order valence-electron chi connectivity index (χ0n) is 19.4. The van der Waals surface area contributed by atoms with Crippen LogP contribution in [0.25, 0.3) is 0 Å². The molecule has 0 aromatic rings. The van der Waals surface area contributed by atoms with Gasteiger partial charge in [0.15, 0.2) is 0 Å². The lowest BCUT2D eigenvalue weighted by Gasteiger charge is -2.32. The number of nitrogens with zero attached hydrogens (tertiary/aromatic N) is 1. The van der Waals surface area contributed by atoms with E-state index in [-0.39, 0.29) is 36.0 Å². The van der Waals surface area contributed by atoms with Gasteiger partial charge in [0, 0.05) is 6.04 Å². The summed E-state index contributed by atoms with van der Waals surface area (Å²) < 4.78 is 6.31. The average molecular weight is 430 g/mol. The van der Waals surface area contributed by atoms with Crippen molar-refractivity contribution in [1.82, 2.24) is 15.5 Å². The van der Waals surface area contributed by atoms with E-state index in [0.29, 0.717) is 19.4 Å². The van der Waals surface area contributed by atoms with Crippen molar-refractivity contribution in [1.29, 1.82) is 0 Å². The van der Waals surface area contributed by atoms with Crippen molar-refractivity contribution in [3.05, 3.63) is 36.0 Å². The van der Waals surface area contributed by atoms with Crippen molar-refractivity contribution in [3.8, 4) is 0 Å². The minimum absolute atomic E-state index is 0.0684. The molecule has 0 aromatic heterocycles. The van der Waals surface area contributed by atoms with E-state index in [4.69, 9.17) is 4.74 Å². The number of hydrogen-bond donors (Lipinski definition) is 2. The third kappa shape index (κ3) is 5.47. The highest BCUT2D eigenvalue weighted by Gasteiger charge is 2.42. The van der Waals surface area contributed by atoms with E-state index in [1.165, 1.54) is 11.1 Å². The first-order valence-electron chi connectivity index (χ1n) is 11.9. The maximum atomic E-state index is 13.4. The molecule has 0 aromatic carbocycles. The van der Waals surface area contributed by atoms with Crippen LogP contribution in [0.4, 0.5) is 0 Å². The zero-order chi connectivity index (χ0) is 22.4. The molecule has 2 aliphatic heterocycles. The number of carbonyl (C=O) groups is 2. The minimum atomic E-state index is -0.428. The molecule has 6 heteroatoms. The van der Waals surface area contributed by atoms with Crippen LogP contribution in [-0.4, -0.2) is 60.6 Å². The molecule has 2 saturated heterocycles.